The molecular formula is C24H28FN5O3. The summed E-state index contributed by atoms with van der Waals surface area (Å²) in [5.41, 5.74) is 7.32. The molecule has 3 N–H and O–H groups in total. The van der Waals surface area contributed by atoms with Crippen LogP contribution in [-0.4, -0.2) is 54.0 Å². The summed E-state index contributed by atoms with van der Waals surface area (Å²) in [5.74, 6) is -0.241. The normalized spacial score (nSPS) is 13.8. The van der Waals surface area contributed by atoms with Crippen LogP contribution >= 0.6 is 0 Å². The number of anilines is 2. The number of nitrogens with zero attached hydrogens (tertiary/aromatic N) is 3. The molecule has 0 bridgehead atoms. The van der Waals surface area contributed by atoms with E-state index in [-0.39, 0.29) is 11.2 Å². The summed E-state index contributed by atoms with van der Waals surface area (Å²) in [5, 5.41) is 3.29. The van der Waals surface area contributed by atoms with Crippen LogP contribution in [0.1, 0.15) is 36.7 Å². The number of ether oxygens (including phenoxy) is 1. The van der Waals surface area contributed by atoms with Gasteiger partial charge in [-0.15, -0.1) is 0 Å². The van der Waals surface area contributed by atoms with Gasteiger partial charge in [0.15, 0.2) is 5.78 Å². The van der Waals surface area contributed by atoms with Crippen molar-refractivity contribution in [2.45, 2.75) is 26.4 Å². The number of carbonyl (C=O) groups is 2. The lowest BCUT2D eigenvalue weighted by atomic mass is 10.0. The molecule has 0 saturated carbocycles. The van der Waals surface area contributed by atoms with Crippen LogP contribution in [0.15, 0.2) is 42.6 Å². The van der Waals surface area contributed by atoms with Gasteiger partial charge in [-0.1, -0.05) is 0 Å². The first kappa shape index (κ1) is 24.1. The van der Waals surface area contributed by atoms with Gasteiger partial charge in [-0.25, -0.2) is 9.37 Å². The second-order valence-corrected chi connectivity index (χ2v) is 8.56. The molecular weight excluding hydrogens is 425 g/mol. The maximum absolute atomic E-state index is 14.0. The van der Waals surface area contributed by atoms with Gasteiger partial charge in [0.05, 0.1) is 22.8 Å². The van der Waals surface area contributed by atoms with E-state index >= 15 is 0 Å². The maximum Gasteiger partial charge on any atom is 0.293 e. The number of fused-ring (bicyclic) bond motifs is 1. The lowest BCUT2D eigenvalue weighted by Gasteiger charge is -2.28. The molecule has 1 aliphatic rings. The van der Waals surface area contributed by atoms with Crippen molar-refractivity contribution in [1.29, 1.82) is 0 Å². The van der Waals surface area contributed by atoms with Gasteiger partial charge in [0.2, 0.25) is 0 Å². The molecule has 1 fully saturated rings. The van der Waals surface area contributed by atoms with Gasteiger partial charge in [0.25, 0.3) is 6.47 Å². The molecule has 1 aromatic heterocycles. The quantitative estimate of drug-likeness (QED) is 0.352. The Labute approximate surface area is 192 Å². The fourth-order valence-electron chi connectivity index (χ4n) is 3.21. The van der Waals surface area contributed by atoms with E-state index in [4.69, 9.17) is 5.73 Å². The zero-order valence-electron chi connectivity index (χ0n) is 19.0. The van der Waals surface area contributed by atoms with Gasteiger partial charge < -0.3 is 20.7 Å². The Kier molecular flexibility index (Phi) is 7.55. The second kappa shape index (κ2) is 10.4. The first-order valence-electron chi connectivity index (χ1n) is 10.6. The number of nitrogen functional groups attached to an aromatic ring is 1. The molecule has 4 rings (SSSR count). The van der Waals surface area contributed by atoms with E-state index in [9.17, 15) is 14.0 Å². The van der Waals surface area contributed by atoms with E-state index < -0.39 is 11.6 Å². The fraction of sp³-hybridized carbons (Fsp3) is 0.333. The Bertz CT molecular complexity index is 1140. The van der Waals surface area contributed by atoms with Gasteiger partial charge in [0.1, 0.15) is 17.2 Å². The number of nitrogens with one attached hydrogen (secondary N) is 1. The van der Waals surface area contributed by atoms with Crippen molar-refractivity contribution < 1.29 is 18.7 Å². The van der Waals surface area contributed by atoms with Crippen molar-refractivity contribution >= 4 is 34.8 Å². The zero-order valence-corrected chi connectivity index (χ0v) is 19.0. The Balaban J connectivity index is 0.000000383. The third kappa shape index (κ3) is 6.45. The highest BCUT2D eigenvalue weighted by Crippen LogP contribution is 2.21. The minimum atomic E-state index is -0.593. The number of nitrogens with two attached hydrogens (primary N) is 1. The van der Waals surface area contributed by atoms with Crippen LogP contribution in [-0.2, 0) is 9.53 Å². The van der Waals surface area contributed by atoms with Crippen LogP contribution in [0.25, 0.3) is 11.0 Å². The third-order valence-electron chi connectivity index (χ3n) is 4.87. The van der Waals surface area contributed by atoms with Crippen molar-refractivity contribution in [3.05, 3.63) is 59.5 Å². The number of aromatic nitrogens is 2. The molecule has 33 heavy (non-hydrogen) atoms. The van der Waals surface area contributed by atoms with Gasteiger partial charge in [-0.05, 0) is 57.2 Å². The summed E-state index contributed by atoms with van der Waals surface area (Å²) >= 11 is 0. The molecule has 0 spiro atoms. The summed E-state index contributed by atoms with van der Waals surface area (Å²) in [7, 11) is 0. The summed E-state index contributed by atoms with van der Waals surface area (Å²) in [6, 6.07) is 8.99. The first-order chi connectivity index (χ1) is 15.7. The Morgan fingerprint density at radius 3 is 2.52 bits per heavy atom. The molecule has 0 amide bonds. The summed E-state index contributed by atoms with van der Waals surface area (Å²) in [6.07, 6.45) is 1.74. The molecule has 0 unspecified atom stereocenters. The number of hydrogen-bond donors (Lipinski definition) is 2. The van der Waals surface area contributed by atoms with Crippen molar-refractivity contribution in [1.82, 2.24) is 15.3 Å². The van der Waals surface area contributed by atoms with Crippen LogP contribution in [0.5, 0.6) is 0 Å². The summed E-state index contributed by atoms with van der Waals surface area (Å²) in [4.78, 5) is 33.5. The standard InChI is InChI=1S/C19H18FN5O.C5H10O2/c20-15-3-2-13(21)10-14(15)19(26)12-1-4-16-17(9-12)24-18(11-23-16)25-7-5-22-6-8-25;1-5(2,3)7-4-6/h1-4,9-11,22H,5-8,21H2;4H,1-3H3. The maximum atomic E-state index is 14.0. The van der Waals surface area contributed by atoms with Crippen LogP contribution in [0.2, 0.25) is 0 Å². The smallest absolute Gasteiger partial charge is 0.293 e. The Morgan fingerprint density at radius 1 is 1.15 bits per heavy atom. The largest absolute Gasteiger partial charge is 0.462 e. The summed E-state index contributed by atoms with van der Waals surface area (Å²) < 4.78 is 18.6. The predicted octanol–water partition coefficient (Wildman–Crippen LogP) is 2.95. The van der Waals surface area contributed by atoms with Crippen LogP contribution < -0.4 is 16.0 Å². The Hall–Kier alpha value is -3.59. The Morgan fingerprint density at radius 2 is 1.88 bits per heavy atom. The minimum absolute atomic E-state index is 0.0458. The molecule has 0 aliphatic carbocycles. The minimum Gasteiger partial charge on any atom is -0.462 e. The number of ketones is 1. The second-order valence-electron chi connectivity index (χ2n) is 8.56. The van der Waals surface area contributed by atoms with Crippen LogP contribution in [0.4, 0.5) is 15.9 Å². The number of hydrogen-bond acceptors (Lipinski definition) is 8. The molecule has 2 aromatic carbocycles. The fourth-order valence-corrected chi connectivity index (χ4v) is 3.21. The van der Waals surface area contributed by atoms with Crippen molar-refractivity contribution in [2.24, 2.45) is 0 Å². The molecule has 2 heterocycles. The topological polar surface area (TPSA) is 110 Å². The number of rotatable bonds is 4. The number of piperazine rings is 1. The van der Waals surface area contributed by atoms with Crippen LogP contribution in [0, 0.1) is 5.82 Å². The van der Waals surface area contributed by atoms with E-state index in [2.05, 4.69) is 24.9 Å². The van der Waals surface area contributed by atoms with Gasteiger partial charge in [-0.2, -0.15) is 0 Å². The molecule has 0 radical (unpaired) electrons. The van der Waals surface area contributed by atoms with Gasteiger partial charge in [0, 0.05) is 37.4 Å². The van der Waals surface area contributed by atoms with E-state index in [1.54, 1.807) is 24.4 Å². The molecule has 1 aliphatic heterocycles. The third-order valence-corrected chi connectivity index (χ3v) is 4.87. The SMILES string of the molecule is CC(C)(C)OC=O.Nc1ccc(F)c(C(=O)c2ccc3ncc(N4CCNCC4)nc3c2)c1. The van der Waals surface area contributed by atoms with E-state index in [0.29, 0.717) is 28.8 Å². The van der Waals surface area contributed by atoms with Crippen molar-refractivity contribution in [3.8, 4) is 0 Å². The van der Waals surface area contributed by atoms with Crippen molar-refractivity contribution in [3.63, 3.8) is 0 Å². The zero-order chi connectivity index (χ0) is 24.0. The predicted molar refractivity (Wildman–Crippen MR) is 126 cm³/mol. The summed E-state index contributed by atoms with van der Waals surface area (Å²) in [6.45, 7) is 9.42. The van der Waals surface area contributed by atoms with Gasteiger partial charge in [-0.3, -0.25) is 14.6 Å². The average Bonchev–Trinajstić information content (AvgIpc) is 2.79. The first-order valence-corrected chi connectivity index (χ1v) is 10.6. The van der Waals surface area contributed by atoms with Gasteiger partial charge >= 0.3 is 0 Å². The van der Waals surface area contributed by atoms with E-state index in [1.807, 2.05) is 20.8 Å². The molecule has 3 aromatic rings. The highest BCUT2D eigenvalue weighted by atomic mass is 19.1. The molecule has 174 valence electrons. The number of halogens is 1. The lowest BCUT2D eigenvalue weighted by molar-refractivity contribution is -0.138. The highest BCUT2D eigenvalue weighted by molar-refractivity contribution is 6.10. The molecule has 1 saturated heterocycles. The monoisotopic (exact) mass is 453 g/mol. The average molecular weight is 454 g/mol. The van der Waals surface area contributed by atoms with Crippen LogP contribution in [0.3, 0.4) is 0 Å². The highest BCUT2D eigenvalue weighted by Gasteiger charge is 2.17. The molecule has 8 nitrogen and oxygen atoms in total. The molecule has 0 atom stereocenters. The lowest BCUT2D eigenvalue weighted by Crippen LogP contribution is -2.43. The number of carbonyl (C=O) groups excluding carboxylic acids is 2. The molecule has 9 heteroatoms. The van der Waals surface area contributed by atoms with Crippen molar-refractivity contribution in [2.75, 3.05) is 36.8 Å². The van der Waals surface area contributed by atoms with E-state index in [0.717, 1.165) is 32.0 Å². The number of benzene rings is 2. The van der Waals surface area contributed by atoms with E-state index in [1.165, 1.54) is 18.2 Å².